The lowest BCUT2D eigenvalue weighted by Crippen LogP contribution is -2.13. The molecule has 0 aromatic carbocycles. The molecule has 14 heavy (non-hydrogen) atoms. The molecule has 1 atom stereocenters. The fourth-order valence-electron chi connectivity index (χ4n) is 2.15. The lowest BCUT2D eigenvalue weighted by atomic mass is 9.94. The largest absolute Gasteiger partial charge is 0.361 e. The lowest BCUT2D eigenvalue weighted by Gasteiger charge is -2.10. The molecule has 1 N–H and O–H groups in total. The van der Waals surface area contributed by atoms with Crippen molar-refractivity contribution in [3.63, 3.8) is 0 Å². The highest BCUT2D eigenvalue weighted by Crippen LogP contribution is 2.28. The fraction of sp³-hybridized carbons (Fsp3) is 0.727. The molecule has 1 aliphatic rings. The summed E-state index contributed by atoms with van der Waals surface area (Å²) in [5, 5.41) is 7.32. The van der Waals surface area contributed by atoms with Crippen molar-refractivity contribution in [3.8, 4) is 0 Å². The van der Waals surface area contributed by atoms with E-state index in [2.05, 4.69) is 17.4 Å². The van der Waals surface area contributed by atoms with E-state index in [0.29, 0.717) is 5.92 Å². The predicted molar refractivity (Wildman–Crippen MR) is 55.3 cm³/mol. The van der Waals surface area contributed by atoms with Crippen molar-refractivity contribution in [2.45, 2.75) is 38.5 Å². The Kier molecular flexibility index (Phi) is 3.19. The number of aromatic nitrogens is 1. The van der Waals surface area contributed by atoms with Crippen molar-refractivity contribution in [2.24, 2.45) is 0 Å². The molecule has 0 radical (unpaired) electrons. The van der Waals surface area contributed by atoms with E-state index in [4.69, 9.17) is 4.52 Å². The van der Waals surface area contributed by atoms with E-state index in [1.807, 2.05) is 6.20 Å². The zero-order chi connectivity index (χ0) is 9.80. The van der Waals surface area contributed by atoms with E-state index >= 15 is 0 Å². The van der Waals surface area contributed by atoms with Gasteiger partial charge in [-0.05, 0) is 38.8 Å². The Morgan fingerprint density at radius 1 is 1.50 bits per heavy atom. The molecule has 1 aromatic heterocycles. The Hall–Kier alpha value is -0.830. The number of hydrogen-bond donors (Lipinski definition) is 1. The molecule has 0 spiro atoms. The first-order valence-electron chi connectivity index (χ1n) is 5.56. The molecule has 1 unspecified atom stereocenters. The minimum Gasteiger partial charge on any atom is -0.361 e. The van der Waals surface area contributed by atoms with Gasteiger partial charge in [-0.25, -0.2) is 0 Å². The summed E-state index contributed by atoms with van der Waals surface area (Å²) in [5.41, 5.74) is 1.29. The topological polar surface area (TPSA) is 38.1 Å². The van der Waals surface area contributed by atoms with Crippen LogP contribution in [-0.4, -0.2) is 18.2 Å². The second-order valence-electron chi connectivity index (χ2n) is 3.95. The molecule has 1 aliphatic heterocycles. The van der Waals surface area contributed by atoms with Gasteiger partial charge in [0.2, 0.25) is 0 Å². The third-order valence-corrected chi connectivity index (χ3v) is 3.00. The zero-order valence-electron chi connectivity index (χ0n) is 8.75. The number of aryl methyl sites for hydroxylation is 1. The molecule has 1 aromatic rings. The average molecular weight is 194 g/mol. The Labute approximate surface area is 84.9 Å². The molecule has 0 amide bonds. The van der Waals surface area contributed by atoms with E-state index < -0.39 is 0 Å². The molecule has 3 heteroatoms. The zero-order valence-corrected chi connectivity index (χ0v) is 8.75. The summed E-state index contributed by atoms with van der Waals surface area (Å²) in [6.07, 6.45) is 6.56. The van der Waals surface area contributed by atoms with Crippen molar-refractivity contribution in [1.29, 1.82) is 0 Å². The van der Waals surface area contributed by atoms with Crippen LogP contribution in [0.1, 0.15) is 43.4 Å². The van der Waals surface area contributed by atoms with Gasteiger partial charge >= 0.3 is 0 Å². The first-order valence-corrected chi connectivity index (χ1v) is 5.56. The lowest BCUT2D eigenvalue weighted by molar-refractivity contribution is 0.348. The SMILES string of the molecule is CCc1cnoc1C1CCCNCC1. The predicted octanol–water partition coefficient (Wildman–Crippen LogP) is 2.09. The van der Waals surface area contributed by atoms with Crippen LogP contribution in [-0.2, 0) is 6.42 Å². The van der Waals surface area contributed by atoms with Gasteiger partial charge < -0.3 is 9.84 Å². The van der Waals surface area contributed by atoms with Crippen LogP contribution >= 0.6 is 0 Å². The molecule has 2 rings (SSSR count). The maximum absolute atomic E-state index is 5.37. The summed E-state index contributed by atoms with van der Waals surface area (Å²) in [4.78, 5) is 0. The smallest absolute Gasteiger partial charge is 0.142 e. The van der Waals surface area contributed by atoms with Crippen LogP contribution in [0.25, 0.3) is 0 Å². The molecule has 2 heterocycles. The molecule has 0 bridgehead atoms. The van der Waals surface area contributed by atoms with Gasteiger partial charge in [0.05, 0.1) is 6.20 Å². The first kappa shape index (κ1) is 9.71. The molecule has 1 fully saturated rings. The second kappa shape index (κ2) is 4.60. The van der Waals surface area contributed by atoms with Crippen molar-refractivity contribution < 1.29 is 4.52 Å². The molecule has 78 valence electrons. The van der Waals surface area contributed by atoms with Crippen LogP contribution in [0.2, 0.25) is 0 Å². The number of hydrogen-bond acceptors (Lipinski definition) is 3. The average Bonchev–Trinajstić information content (AvgIpc) is 2.52. The van der Waals surface area contributed by atoms with E-state index in [1.54, 1.807) is 0 Å². The van der Waals surface area contributed by atoms with E-state index in [0.717, 1.165) is 25.3 Å². The summed E-state index contributed by atoms with van der Waals surface area (Å²) >= 11 is 0. The minimum absolute atomic E-state index is 0.586. The number of nitrogens with zero attached hydrogens (tertiary/aromatic N) is 1. The van der Waals surface area contributed by atoms with Gasteiger partial charge in [0.1, 0.15) is 5.76 Å². The number of nitrogens with one attached hydrogen (secondary N) is 1. The Morgan fingerprint density at radius 3 is 3.29 bits per heavy atom. The van der Waals surface area contributed by atoms with Crippen LogP contribution in [0.3, 0.4) is 0 Å². The van der Waals surface area contributed by atoms with Crippen molar-refractivity contribution >= 4 is 0 Å². The Balaban J connectivity index is 2.11. The first-order chi connectivity index (χ1) is 6.92. The van der Waals surface area contributed by atoms with Crippen LogP contribution in [0.5, 0.6) is 0 Å². The molecule has 1 saturated heterocycles. The van der Waals surface area contributed by atoms with Crippen LogP contribution in [0.15, 0.2) is 10.7 Å². The second-order valence-corrected chi connectivity index (χ2v) is 3.95. The van der Waals surface area contributed by atoms with Crippen LogP contribution in [0.4, 0.5) is 0 Å². The maximum atomic E-state index is 5.37. The van der Waals surface area contributed by atoms with Gasteiger partial charge in [-0.15, -0.1) is 0 Å². The summed E-state index contributed by atoms with van der Waals surface area (Å²) in [6, 6.07) is 0. The minimum atomic E-state index is 0.586. The highest BCUT2D eigenvalue weighted by atomic mass is 16.5. The summed E-state index contributed by atoms with van der Waals surface area (Å²) in [6.45, 7) is 4.41. The van der Waals surface area contributed by atoms with E-state index in [9.17, 15) is 0 Å². The summed E-state index contributed by atoms with van der Waals surface area (Å²) in [5.74, 6) is 1.72. The van der Waals surface area contributed by atoms with Crippen molar-refractivity contribution in [1.82, 2.24) is 10.5 Å². The summed E-state index contributed by atoms with van der Waals surface area (Å²) < 4.78 is 5.37. The van der Waals surface area contributed by atoms with E-state index in [-0.39, 0.29) is 0 Å². The third kappa shape index (κ3) is 1.98. The van der Waals surface area contributed by atoms with Crippen molar-refractivity contribution in [3.05, 3.63) is 17.5 Å². The molecular formula is C11H18N2O. The van der Waals surface area contributed by atoms with Gasteiger partial charge in [-0.1, -0.05) is 12.1 Å². The third-order valence-electron chi connectivity index (χ3n) is 3.00. The van der Waals surface area contributed by atoms with Crippen LogP contribution < -0.4 is 5.32 Å². The Morgan fingerprint density at radius 2 is 2.43 bits per heavy atom. The van der Waals surface area contributed by atoms with Crippen LogP contribution in [0, 0.1) is 0 Å². The van der Waals surface area contributed by atoms with Gasteiger partial charge in [-0.3, -0.25) is 0 Å². The van der Waals surface area contributed by atoms with Crippen molar-refractivity contribution in [2.75, 3.05) is 13.1 Å². The number of rotatable bonds is 2. The maximum Gasteiger partial charge on any atom is 0.142 e. The van der Waals surface area contributed by atoms with Gasteiger partial charge in [0, 0.05) is 11.5 Å². The normalized spacial score (nSPS) is 23.4. The van der Waals surface area contributed by atoms with E-state index in [1.165, 1.54) is 24.8 Å². The van der Waals surface area contributed by atoms with Gasteiger partial charge in [0.25, 0.3) is 0 Å². The highest BCUT2D eigenvalue weighted by Gasteiger charge is 2.20. The van der Waals surface area contributed by atoms with Gasteiger partial charge in [0.15, 0.2) is 0 Å². The Bertz CT molecular complexity index is 275. The standard InChI is InChI=1S/C11H18N2O/c1-2-9-8-13-14-11(9)10-4-3-6-12-7-5-10/h8,10,12H,2-7H2,1H3. The molecular weight excluding hydrogens is 176 g/mol. The van der Waals surface area contributed by atoms with Gasteiger partial charge in [-0.2, -0.15) is 0 Å². The monoisotopic (exact) mass is 194 g/mol. The molecule has 3 nitrogen and oxygen atoms in total. The fourth-order valence-corrected chi connectivity index (χ4v) is 2.15. The molecule has 0 aliphatic carbocycles. The molecule has 0 saturated carbocycles. The highest BCUT2D eigenvalue weighted by molar-refractivity contribution is 5.17. The summed E-state index contributed by atoms with van der Waals surface area (Å²) in [7, 11) is 0. The quantitative estimate of drug-likeness (QED) is 0.783.